The molecule has 4 rings (SSSR count). The zero-order chi connectivity index (χ0) is 24.1. The smallest absolute Gasteiger partial charge is 0.177 e. The van der Waals surface area contributed by atoms with Crippen molar-refractivity contribution >= 4 is 29.4 Å². The van der Waals surface area contributed by atoms with E-state index in [0.29, 0.717) is 18.4 Å². The molecule has 34 heavy (non-hydrogen) atoms. The van der Waals surface area contributed by atoms with E-state index in [1.54, 1.807) is 31.3 Å². The van der Waals surface area contributed by atoms with Crippen LogP contribution in [-0.2, 0) is 21.6 Å². The third-order valence-corrected chi connectivity index (χ3v) is 7.22. The average Bonchev–Trinajstić information content (AvgIpc) is 3.32. The third-order valence-electron chi connectivity index (χ3n) is 5.45. The molecule has 1 fully saturated rings. The van der Waals surface area contributed by atoms with Gasteiger partial charge >= 0.3 is 0 Å². The summed E-state index contributed by atoms with van der Waals surface area (Å²) in [5.74, 6) is -1.55. The first-order valence-electron chi connectivity index (χ1n) is 10.5. The highest BCUT2D eigenvalue weighted by Crippen LogP contribution is 2.38. The van der Waals surface area contributed by atoms with Crippen LogP contribution >= 0.6 is 23.4 Å². The summed E-state index contributed by atoms with van der Waals surface area (Å²) in [6.07, 6.45) is 7.35. The molecule has 0 amide bonds. The number of nitrogens with zero attached hydrogens (tertiary/aromatic N) is 4. The fraction of sp³-hybridized carbons (Fsp3) is 0.348. The van der Waals surface area contributed by atoms with E-state index in [1.165, 1.54) is 35.2 Å². The Bertz CT molecular complexity index is 1130. The highest BCUT2D eigenvalue weighted by Gasteiger charge is 2.41. The van der Waals surface area contributed by atoms with Crippen LogP contribution in [0.3, 0.4) is 0 Å². The average molecular weight is 509 g/mol. The van der Waals surface area contributed by atoms with Crippen molar-refractivity contribution in [3.05, 3.63) is 83.2 Å². The molecule has 3 heterocycles. The van der Waals surface area contributed by atoms with Crippen molar-refractivity contribution in [1.82, 2.24) is 19.7 Å². The molecule has 2 atom stereocenters. The molecule has 0 saturated carbocycles. The van der Waals surface area contributed by atoms with Crippen molar-refractivity contribution < 1.29 is 23.4 Å². The minimum absolute atomic E-state index is 0.0174. The number of hydrogen-bond acceptors (Lipinski definition) is 7. The first kappa shape index (κ1) is 24.7. The van der Waals surface area contributed by atoms with Crippen LogP contribution in [0.1, 0.15) is 18.1 Å². The van der Waals surface area contributed by atoms with E-state index in [9.17, 15) is 13.9 Å². The molecule has 7 nitrogen and oxygen atoms in total. The van der Waals surface area contributed by atoms with Gasteiger partial charge in [0, 0.05) is 28.6 Å². The molecule has 0 unspecified atom stereocenters. The van der Waals surface area contributed by atoms with Gasteiger partial charge in [0.25, 0.3) is 0 Å². The fourth-order valence-corrected chi connectivity index (χ4v) is 5.13. The second kappa shape index (κ2) is 10.9. The van der Waals surface area contributed by atoms with Crippen molar-refractivity contribution in [2.75, 3.05) is 13.2 Å². The molecule has 180 valence electrons. The molecule has 0 aliphatic carbocycles. The van der Waals surface area contributed by atoms with Crippen LogP contribution in [-0.4, -0.2) is 54.9 Å². The first-order valence-corrected chi connectivity index (χ1v) is 11.8. The molecular weight excluding hydrogens is 486 g/mol. The van der Waals surface area contributed by atoms with Gasteiger partial charge in [0.2, 0.25) is 0 Å². The lowest BCUT2D eigenvalue weighted by molar-refractivity contribution is -0.146. The van der Waals surface area contributed by atoms with Crippen molar-refractivity contribution in [2.24, 2.45) is 0 Å². The van der Waals surface area contributed by atoms with Gasteiger partial charge in [0.05, 0.1) is 25.0 Å². The lowest BCUT2D eigenvalue weighted by atomic mass is 9.90. The lowest BCUT2D eigenvalue weighted by Crippen LogP contribution is -2.43. The summed E-state index contributed by atoms with van der Waals surface area (Å²) in [6, 6.07) is 6.76. The fourth-order valence-electron chi connectivity index (χ4n) is 3.63. The zero-order valence-corrected chi connectivity index (χ0v) is 19.8. The lowest BCUT2D eigenvalue weighted by Gasteiger charge is -2.37. The molecule has 0 radical (unpaired) electrons. The van der Waals surface area contributed by atoms with Gasteiger partial charge in [0.15, 0.2) is 6.29 Å². The van der Waals surface area contributed by atoms with Crippen LogP contribution in [0, 0.1) is 11.6 Å². The van der Waals surface area contributed by atoms with Gasteiger partial charge in [-0.05, 0) is 18.2 Å². The quantitative estimate of drug-likeness (QED) is 0.459. The van der Waals surface area contributed by atoms with Crippen LogP contribution in [0.4, 0.5) is 8.78 Å². The predicted octanol–water partition coefficient (Wildman–Crippen LogP) is 4.07. The highest BCUT2D eigenvalue weighted by molar-refractivity contribution is 8.00. The van der Waals surface area contributed by atoms with Gasteiger partial charge in [-0.2, -0.15) is 5.10 Å². The van der Waals surface area contributed by atoms with E-state index in [0.717, 1.165) is 17.7 Å². The number of halogens is 3. The Hall–Kier alpha value is -2.37. The Morgan fingerprint density at radius 1 is 1.32 bits per heavy atom. The Morgan fingerprint density at radius 3 is 2.79 bits per heavy atom. The second-order valence-corrected chi connectivity index (χ2v) is 9.82. The minimum Gasteiger partial charge on any atom is -0.382 e. The Labute approximate surface area is 204 Å². The number of rotatable bonds is 8. The van der Waals surface area contributed by atoms with Gasteiger partial charge in [-0.15, -0.1) is 11.8 Å². The van der Waals surface area contributed by atoms with E-state index < -0.39 is 28.8 Å². The van der Waals surface area contributed by atoms with E-state index in [1.807, 2.05) is 6.07 Å². The van der Waals surface area contributed by atoms with E-state index in [4.69, 9.17) is 21.1 Å². The summed E-state index contributed by atoms with van der Waals surface area (Å²) in [7, 11) is 0. The molecular formula is C23H23ClF2N4O3S. The Morgan fingerprint density at radius 2 is 2.12 bits per heavy atom. The maximum Gasteiger partial charge on any atom is 0.177 e. The van der Waals surface area contributed by atoms with Crippen molar-refractivity contribution in [2.45, 2.75) is 35.9 Å². The maximum absolute atomic E-state index is 14.7. The van der Waals surface area contributed by atoms with Gasteiger partial charge < -0.3 is 14.6 Å². The number of pyridine rings is 1. The number of thioether (sulfide) groups is 1. The second-order valence-electron chi connectivity index (χ2n) is 7.82. The number of aliphatic hydroxyl groups is 1. The van der Waals surface area contributed by atoms with Crippen LogP contribution in [0.15, 0.2) is 55.3 Å². The molecule has 11 heteroatoms. The summed E-state index contributed by atoms with van der Waals surface area (Å²) < 4.78 is 41.2. The molecule has 0 bridgehead atoms. The van der Waals surface area contributed by atoms with Gasteiger partial charge in [-0.1, -0.05) is 36.7 Å². The largest absolute Gasteiger partial charge is 0.382 e. The number of benzene rings is 1. The first-order chi connectivity index (χ1) is 16.3. The molecule has 1 aliphatic rings. The Kier molecular flexibility index (Phi) is 7.95. The van der Waals surface area contributed by atoms with Crippen LogP contribution < -0.4 is 0 Å². The van der Waals surface area contributed by atoms with Gasteiger partial charge in [0.1, 0.15) is 35.0 Å². The van der Waals surface area contributed by atoms with Gasteiger partial charge in [-0.3, -0.25) is 0 Å². The topological polar surface area (TPSA) is 82.3 Å². The molecule has 1 saturated heterocycles. The summed E-state index contributed by atoms with van der Waals surface area (Å²) in [6.45, 7) is 2.43. The molecule has 3 aromatic rings. The molecule has 1 aromatic carbocycles. The predicted molar refractivity (Wildman–Crippen MR) is 125 cm³/mol. The molecule has 0 spiro atoms. The van der Waals surface area contributed by atoms with Crippen LogP contribution in [0.25, 0.3) is 6.08 Å². The van der Waals surface area contributed by atoms with Crippen molar-refractivity contribution in [1.29, 1.82) is 0 Å². The minimum atomic E-state index is -1.69. The number of ether oxygens (including phenoxy) is 2. The summed E-state index contributed by atoms with van der Waals surface area (Å²) in [5.41, 5.74) is -0.957. The van der Waals surface area contributed by atoms with Crippen LogP contribution in [0.5, 0.6) is 0 Å². The Balaban J connectivity index is 1.43. The van der Waals surface area contributed by atoms with Crippen LogP contribution in [0.2, 0.25) is 5.15 Å². The summed E-state index contributed by atoms with van der Waals surface area (Å²) >= 11 is 7.46. The zero-order valence-electron chi connectivity index (χ0n) is 18.2. The highest BCUT2D eigenvalue weighted by atomic mass is 35.5. The van der Waals surface area contributed by atoms with E-state index in [-0.39, 0.29) is 17.4 Å². The standard InChI is InChI=1S/C23H23ClF2N4O3S/c1-15(23(31,12-30-14-27-13-29-30)19-6-5-17(25)9-20(19)26)34-18-10-32-21(33-11-18)7-4-16-3-2-8-28-22(16)24/h2-9,13-15,18,21,31H,10-12H2,1H3/b7-4+/t15-,18?,21?,23-/m1/s1. The summed E-state index contributed by atoms with van der Waals surface area (Å²) in [5, 5.41) is 15.4. The maximum atomic E-state index is 14.7. The molecule has 2 aromatic heterocycles. The third kappa shape index (κ3) is 5.81. The molecule has 1 aliphatic heterocycles. The van der Waals surface area contributed by atoms with Crippen molar-refractivity contribution in [3.63, 3.8) is 0 Å². The monoisotopic (exact) mass is 508 g/mol. The van der Waals surface area contributed by atoms with Crippen molar-refractivity contribution in [3.8, 4) is 0 Å². The van der Waals surface area contributed by atoms with Gasteiger partial charge in [-0.25, -0.2) is 23.4 Å². The number of hydrogen-bond donors (Lipinski definition) is 1. The normalized spacial score (nSPS) is 21.4. The van der Waals surface area contributed by atoms with E-state index >= 15 is 0 Å². The van der Waals surface area contributed by atoms with E-state index in [2.05, 4.69) is 15.1 Å². The SMILES string of the molecule is C[C@@H](SC1COC(/C=C/c2cccnc2Cl)OC1)[C@](O)(Cn1cncn1)c1ccc(F)cc1F. The number of aromatic nitrogens is 4. The summed E-state index contributed by atoms with van der Waals surface area (Å²) in [4.78, 5) is 7.91. The molecule has 1 N–H and O–H groups in total.